The average molecular weight is 567 g/mol. The zero-order valence-corrected chi connectivity index (χ0v) is 24.8. The number of unbranched alkanes of at least 4 members (excludes halogenated alkanes) is 12. The van der Waals surface area contributed by atoms with E-state index in [-0.39, 0.29) is 18.4 Å². The van der Waals surface area contributed by atoms with Gasteiger partial charge in [0, 0.05) is 25.7 Å². The number of hydrogen-bond donors (Lipinski definition) is 0. The minimum absolute atomic E-state index is 0.0222. The van der Waals surface area contributed by atoms with Crippen LogP contribution < -0.4 is 0 Å². The van der Waals surface area contributed by atoms with Gasteiger partial charge in [0.1, 0.15) is 0 Å². The van der Waals surface area contributed by atoms with Crippen LogP contribution in [0.2, 0.25) is 0 Å². The SMILES string of the molecule is CCCCCCCCC(CCCCCCCCCCc1c(F)c(F)c(F)c(F)c1F)C(OC)(OC)OC(C)C. The molecule has 0 aliphatic heterocycles. The van der Waals surface area contributed by atoms with Crippen LogP contribution in [0.4, 0.5) is 22.0 Å². The molecule has 0 heterocycles. The van der Waals surface area contributed by atoms with Gasteiger partial charge >= 0.3 is 0 Å². The monoisotopic (exact) mass is 566 g/mol. The molecule has 1 atom stereocenters. The zero-order valence-electron chi connectivity index (χ0n) is 24.8. The molecule has 0 spiro atoms. The molecule has 3 nitrogen and oxygen atoms in total. The van der Waals surface area contributed by atoms with Crippen molar-refractivity contribution in [3.05, 3.63) is 34.6 Å². The molecule has 0 fully saturated rings. The largest absolute Gasteiger partial charge is 0.331 e. The molecule has 0 bridgehead atoms. The van der Waals surface area contributed by atoms with Crippen molar-refractivity contribution in [1.82, 2.24) is 0 Å². The maximum absolute atomic E-state index is 13.8. The number of benzene rings is 1. The Hall–Kier alpha value is -1.25. The summed E-state index contributed by atoms with van der Waals surface area (Å²) >= 11 is 0. The van der Waals surface area contributed by atoms with Gasteiger partial charge in [0.25, 0.3) is 5.97 Å². The average Bonchev–Trinajstić information content (AvgIpc) is 2.92. The first kappa shape index (κ1) is 35.8. The summed E-state index contributed by atoms with van der Waals surface area (Å²) in [5, 5.41) is 0. The van der Waals surface area contributed by atoms with E-state index >= 15 is 0 Å². The van der Waals surface area contributed by atoms with E-state index in [0.717, 1.165) is 57.8 Å². The molecule has 1 rings (SSSR count). The van der Waals surface area contributed by atoms with Crippen LogP contribution in [0.15, 0.2) is 0 Å². The topological polar surface area (TPSA) is 27.7 Å². The summed E-state index contributed by atoms with van der Waals surface area (Å²) in [6.07, 6.45) is 16.2. The first-order valence-corrected chi connectivity index (χ1v) is 14.9. The number of hydrogen-bond acceptors (Lipinski definition) is 3. The first-order chi connectivity index (χ1) is 18.6. The minimum Gasteiger partial charge on any atom is -0.331 e. The number of rotatable bonds is 23. The maximum Gasteiger partial charge on any atom is 0.285 e. The molecular formula is C31H51F5O3. The third-order valence-electron chi connectivity index (χ3n) is 7.41. The molecule has 0 aliphatic rings. The molecule has 0 N–H and O–H groups in total. The molecule has 0 aromatic heterocycles. The van der Waals surface area contributed by atoms with Gasteiger partial charge in [-0.05, 0) is 39.5 Å². The number of methoxy groups -OCH3 is 2. The highest BCUT2D eigenvalue weighted by molar-refractivity contribution is 5.24. The summed E-state index contributed by atoms with van der Waals surface area (Å²) in [6, 6.07) is 0. The highest BCUT2D eigenvalue weighted by atomic mass is 19.2. The van der Waals surface area contributed by atoms with Crippen LogP contribution in [-0.2, 0) is 20.6 Å². The molecular weight excluding hydrogens is 515 g/mol. The van der Waals surface area contributed by atoms with Gasteiger partial charge < -0.3 is 14.2 Å². The van der Waals surface area contributed by atoms with Crippen molar-refractivity contribution in [1.29, 1.82) is 0 Å². The molecule has 0 aliphatic carbocycles. The lowest BCUT2D eigenvalue weighted by Gasteiger charge is -2.39. The lowest BCUT2D eigenvalue weighted by atomic mass is 9.91. The van der Waals surface area contributed by atoms with Crippen LogP contribution in [0.25, 0.3) is 0 Å². The molecule has 1 aromatic rings. The van der Waals surface area contributed by atoms with Crippen molar-refractivity contribution >= 4 is 0 Å². The summed E-state index contributed by atoms with van der Waals surface area (Å²) in [5.41, 5.74) is -0.716. The molecule has 39 heavy (non-hydrogen) atoms. The molecule has 0 amide bonds. The molecule has 1 aromatic carbocycles. The van der Waals surface area contributed by atoms with E-state index in [0.29, 0.717) is 12.8 Å². The first-order valence-electron chi connectivity index (χ1n) is 14.9. The van der Waals surface area contributed by atoms with E-state index in [2.05, 4.69) is 6.92 Å². The maximum atomic E-state index is 13.8. The van der Waals surface area contributed by atoms with Crippen molar-refractivity contribution in [2.45, 2.75) is 142 Å². The van der Waals surface area contributed by atoms with Gasteiger partial charge in [-0.1, -0.05) is 90.4 Å². The van der Waals surface area contributed by atoms with Crippen LogP contribution in [0.1, 0.15) is 129 Å². The van der Waals surface area contributed by atoms with Crippen LogP contribution in [-0.4, -0.2) is 26.3 Å². The van der Waals surface area contributed by atoms with Gasteiger partial charge in [-0.2, -0.15) is 0 Å². The van der Waals surface area contributed by atoms with Crippen molar-refractivity contribution in [3.8, 4) is 0 Å². The molecule has 1 unspecified atom stereocenters. The summed E-state index contributed by atoms with van der Waals surface area (Å²) in [5.74, 6) is -10.2. The quantitative estimate of drug-likeness (QED) is 0.0434. The molecule has 0 saturated carbocycles. The van der Waals surface area contributed by atoms with Gasteiger partial charge in [0.2, 0.25) is 5.82 Å². The smallest absolute Gasteiger partial charge is 0.285 e. The Bertz CT molecular complexity index is 770. The second-order valence-electron chi connectivity index (χ2n) is 10.8. The van der Waals surface area contributed by atoms with Gasteiger partial charge in [0.15, 0.2) is 23.3 Å². The normalized spacial score (nSPS) is 13.0. The fourth-order valence-corrected chi connectivity index (χ4v) is 5.23. The predicted octanol–water partition coefficient (Wildman–Crippen LogP) is 10.2. The van der Waals surface area contributed by atoms with E-state index in [1.807, 2.05) is 13.8 Å². The van der Waals surface area contributed by atoms with Crippen molar-refractivity contribution in [2.75, 3.05) is 14.2 Å². The summed E-state index contributed by atoms with van der Waals surface area (Å²) < 4.78 is 85.1. The Kier molecular flexibility index (Phi) is 18.1. The third-order valence-corrected chi connectivity index (χ3v) is 7.41. The van der Waals surface area contributed by atoms with E-state index in [4.69, 9.17) is 14.2 Å². The fourth-order valence-electron chi connectivity index (χ4n) is 5.23. The fraction of sp³-hybridized carbons (Fsp3) is 0.806. The Morgan fingerprint density at radius 3 is 1.36 bits per heavy atom. The second kappa shape index (κ2) is 19.8. The molecule has 228 valence electrons. The lowest BCUT2D eigenvalue weighted by Crippen LogP contribution is -2.46. The Balaban J connectivity index is 2.39. The van der Waals surface area contributed by atoms with E-state index in [1.165, 1.54) is 32.1 Å². The predicted molar refractivity (Wildman–Crippen MR) is 146 cm³/mol. The zero-order chi connectivity index (χ0) is 29.3. The Labute approximate surface area is 233 Å². The summed E-state index contributed by atoms with van der Waals surface area (Å²) in [7, 11) is 3.29. The lowest BCUT2D eigenvalue weighted by molar-refractivity contribution is -0.399. The summed E-state index contributed by atoms with van der Waals surface area (Å²) in [4.78, 5) is 0. The highest BCUT2D eigenvalue weighted by Gasteiger charge is 2.41. The highest BCUT2D eigenvalue weighted by Crippen LogP contribution is 2.34. The van der Waals surface area contributed by atoms with Crippen LogP contribution in [0, 0.1) is 35.0 Å². The second-order valence-corrected chi connectivity index (χ2v) is 10.8. The van der Waals surface area contributed by atoms with Crippen molar-refractivity contribution in [2.24, 2.45) is 5.92 Å². The number of halogens is 5. The summed E-state index contributed by atoms with van der Waals surface area (Å²) in [6.45, 7) is 6.19. The Morgan fingerprint density at radius 2 is 0.949 bits per heavy atom. The molecule has 8 heteroatoms. The van der Waals surface area contributed by atoms with Gasteiger partial charge in [-0.15, -0.1) is 0 Å². The van der Waals surface area contributed by atoms with Crippen LogP contribution in [0.5, 0.6) is 0 Å². The van der Waals surface area contributed by atoms with E-state index in [1.54, 1.807) is 14.2 Å². The van der Waals surface area contributed by atoms with E-state index in [9.17, 15) is 22.0 Å². The molecule has 0 saturated heterocycles. The Morgan fingerprint density at radius 1 is 0.564 bits per heavy atom. The van der Waals surface area contributed by atoms with Gasteiger partial charge in [0.05, 0.1) is 6.10 Å². The standard InChI is InChI=1S/C31H51F5O3/c1-6-7-8-9-14-17-20-24(31(37-4,38-5)39-23(2)3)21-18-15-12-10-11-13-16-19-22-25-26(32)28(34)30(36)29(35)27(25)33/h23-24H,6-22H2,1-5H3. The van der Waals surface area contributed by atoms with Crippen molar-refractivity contribution in [3.63, 3.8) is 0 Å². The van der Waals surface area contributed by atoms with Crippen LogP contribution >= 0.6 is 0 Å². The number of ether oxygens (including phenoxy) is 3. The van der Waals surface area contributed by atoms with Gasteiger partial charge in [-0.25, -0.2) is 22.0 Å². The van der Waals surface area contributed by atoms with Crippen molar-refractivity contribution < 1.29 is 36.2 Å². The van der Waals surface area contributed by atoms with Crippen LogP contribution in [0.3, 0.4) is 0 Å². The third kappa shape index (κ3) is 12.0. The minimum atomic E-state index is -2.11. The van der Waals surface area contributed by atoms with E-state index < -0.39 is 40.6 Å². The van der Waals surface area contributed by atoms with Gasteiger partial charge in [-0.3, -0.25) is 0 Å². The molecule has 0 radical (unpaired) electrons.